The van der Waals surface area contributed by atoms with E-state index >= 15 is 0 Å². The Morgan fingerprint density at radius 3 is 2.29 bits per heavy atom. The molecule has 0 saturated heterocycles. The highest BCUT2D eigenvalue weighted by Crippen LogP contribution is 2.25. The van der Waals surface area contributed by atoms with Crippen molar-refractivity contribution in [3.8, 4) is 11.1 Å². The summed E-state index contributed by atoms with van der Waals surface area (Å²) in [5.74, 6) is -1.13. The van der Waals surface area contributed by atoms with E-state index in [2.05, 4.69) is 22.0 Å². The van der Waals surface area contributed by atoms with Gasteiger partial charge in [0.25, 0.3) is 11.6 Å². The monoisotopic (exact) mass is 547 g/mol. The lowest BCUT2D eigenvalue weighted by Gasteiger charge is -2.14. The highest BCUT2D eigenvalue weighted by Gasteiger charge is 2.15. The zero-order valence-corrected chi connectivity index (χ0v) is 22.7. The van der Waals surface area contributed by atoms with Gasteiger partial charge < -0.3 is 15.0 Å². The number of amides is 1. The molecule has 8 nitrogen and oxygen atoms in total. The summed E-state index contributed by atoms with van der Waals surface area (Å²) in [4.78, 5) is 34.8. The molecule has 0 saturated carbocycles. The number of benzene rings is 4. The third-order valence-corrected chi connectivity index (χ3v) is 7.34. The molecule has 0 aliphatic carbocycles. The zero-order valence-electron chi connectivity index (χ0n) is 22.7. The fourth-order valence-corrected chi connectivity index (χ4v) is 5.00. The Bertz CT molecular complexity index is 1750. The largest absolute Gasteiger partial charge is 0.478 e. The van der Waals surface area contributed by atoms with Crippen LogP contribution in [0.3, 0.4) is 0 Å². The van der Waals surface area contributed by atoms with E-state index in [9.17, 15) is 24.8 Å². The molecule has 5 rings (SSSR count). The van der Waals surface area contributed by atoms with Crippen molar-refractivity contribution in [2.75, 3.05) is 0 Å². The molecule has 1 aromatic heterocycles. The number of nitrogens with zero attached hydrogens (tertiary/aromatic N) is 2. The average molecular weight is 548 g/mol. The topological polar surface area (TPSA) is 114 Å². The summed E-state index contributed by atoms with van der Waals surface area (Å²) in [6.07, 6.45) is 2.65. The minimum atomic E-state index is -0.910. The van der Waals surface area contributed by atoms with E-state index in [1.807, 2.05) is 62.5 Å². The summed E-state index contributed by atoms with van der Waals surface area (Å²) in [6.45, 7) is 4.45. The van der Waals surface area contributed by atoms with Gasteiger partial charge in [0.1, 0.15) is 0 Å². The van der Waals surface area contributed by atoms with Crippen molar-refractivity contribution in [2.24, 2.45) is 0 Å². The van der Waals surface area contributed by atoms with Crippen LogP contribution in [0, 0.1) is 10.1 Å². The van der Waals surface area contributed by atoms with Crippen LogP contribution >= 0.6 is 0 Å². The lowest BCUT2D eigenvalue weighted by Crippen LogP contribution is -2.26. The van der Waals surface area contributed by atoms with Gasteiger partial charge >= 0.3 is 5.97 Å². The first-order chi connectivity index (χ1) is 19.7. The third-order valence-electron chi connectivity index (χ3n) is 7.34. The average Bonchev–Trinajstić information content (AvgIpc) is 3.38. The van der Waals surface area contributed by atoms with Gasteiger partial charge in [-0.2, -0.15) is 0 Å². The first kappa shape index (κ1) is 27.3. The van der Waals surface area contributed by atoms with Crippen molar-refractivity contribution in [3.63, 3.8) is 0 Å². The number of carboxylic acids is 1. The molecule has 5 aromatic rings. The molecule has 0 aliphatic rings. The van der Waals surface area contributed by atoms with E-state index in [0.717, 1.165) is 38.7 Å². The maximum absolute atomic E-state index is 12.9. The molecule has 1 unspecified atom stereocenters. The molecule has 41 heavy (non-hydrogen) atoms. The van der Waals surface area contributed by atoms with E-state index < -0.39 is 10.9 Å². The van der Waals surface area contributed by atoms with Crippen LogP contribution in [0.4, 0.5) is 5.69 Å². The molecular formula is C33H29N3O5. The molecule has 206 valence electrons. The zero-order chi connectivity index (χ0) is 29.1. The molecule has 1 amide bonds. The molecule has 1 heterocycles. The number of hydrogen-bond acceptors (Lipinski definition) is 4. The summed E-state index contributed by atoms with van der Waals surface area (Å²) in [5.41, 5.74) is 6.61. The number of carbonyl (C=O) groups excluding carboxylic acids is 1. The number of non-ortho nitro benzene ring substituents is 1. The number of aryl methyl sites for hydroxylation is 1. The predicted molar refractivity (Wildman–Crippen MR) is 158 cm³/mol. The fraction of sp³-hybridized carbons (Fsp3) is 0.152. The van der Waals surface area contributed by atoms with Crippen molar-refractivity contribution in [1.29, 1.82) is 0 Å². The Hall–Kier alpha value is -5.24. The highest BCUT2D eigenvalue weighted by atomic mass is 16.6. The molecule has 4 aromatic carbocycles. The van der Waals surface area contributed by atoms with Crippen LogP contribution in [0.5, 0.6) is 0 Å². The van der Waals surface area contributed by atoms with E-state index in [4.69, 9.17) is 0 Å². The van der Waals surface area contributed by atoms with Crippen molar-refractivity contribution in [3.05, 3.63) is 135 Å². The van der Waals surface area contributed by atoms with Crippen LogP contribution in [-0.2, 0) is 13.0 Å². The standard InChI is InChI=1S/C33H29N3O5/c1-3-23-18-26(10-14-30(23)33(38)39)25-6-4-22(5-7-25)20-35-17-16-27-19-28(11-15-31(27)35)32(37)34-21(2)24-8-12-29(13-9-24)36(40)41/h4-19,21H,3,20H2,1-2H3,(H,34,37)(H,38,39). The summed E-state index contributed by atoms with van der Waals surface area (Å²) >= 11 is 0. The summed E-state index contributed by atoms with van der Waals surface area (Å²) in [7, 11) is 0. The quantitative estimate of drug-likeness (QED) is 0.152. The van der Waals surface area contributed by atoms with Gasteiger partial charge in [-0.1, -0.05) is 55.5 Å². The van der Waals surface area contributed by atoms with E-state index in [1.54, 1.807) is 24.3 Å². The Labute approximate surface area is 237 Å². The van der Waals surface area contributed by atoms with E-state index in [1.165, 1.54) is 12.1 Å². The van der Waals surface area contributed by atoms with Crippen LogP contribution in [0.15, 0.2) is 97.2 Å². The van der Waals surface area contributed by atoms with Crippen LogP contribution in [0.1, 0.15) is 57.3 Å². The summed E-state index contributed by atoms with van der Waals surface area (Å²) in [5, 5.41) is 24.2. The second-order valence-electron chi connectivity index (χ2n) is 9.99. The first-order valence-electron chi connectivity index (χ1n) is 13.3. The Balaban J connectivity index is 1.27. The maximum atomic E-state index is 12.9. The minimum absolute atomic E-state index is 0.0102. The molecule has 2 N–H and O–H groups in total. The lowest BCUT2D eigenvalue weighted by atomic mass is 9.97. The molecular weight excluding hydrogens is 518 g/mol. The maximum Gasteiger partial charge on any atom is 0.335 e. The summed E-state index contributed by atoms with van der Waals surface area (Å²) < 4.78 is 2.13. The molecule has 0 fully saturated rings. The van der Waals surface area contributed by atoms with Gasteiger partial charge in [0.05, 0.1) is 16.5 Å². The van der Waals surface area contributed by atoms with Crippen LogP contribution < -0.4 is 5.32 Å². The second kappa shape index (κ2) is 11.5. The van der Waals surface area contributed by atoms with Gasteiger partial charge in [-0.05, 0) is 71.5 Å². The molecule has 8 heteroatoms. The van der Waals surface area contributed by atoms with Gasteiger partial charge in [0, 0.05) is 41.3 Å². The van der Waals surface area contributed by atoms with Gasteiger partial charge in [0.2, 0.25) is 0 Å². The lowest BCUT2D eigenvalue weighted by molar-refractivity contribution is -0.384. The van der Waals surface area contributed by atoms with E-state index in [0.29, 0.717) is 24.1 Å². The van der Waals surface area contributed by atoms with Crippen LogP contribution in [0.2, 0.25) is 0 Å². The van der Waals surface area contributed by atoms with Crippen molar-refractivity contribution in [1.82, 2.24) is 9.88 Å². The molecule has 1 atom stereocenters. The number of carboxylic acid groups (broad SMARTS) is 1. The molecule has 0 radical (unpaired) electrons. The van der Waals surface area contributed by atoms with E-state index in [-0.39, 0.29) is 17.6 Å². The summed E-state index contributed by atoms with van der Waals surface area (Å²) in [6, 6.07) is 27.1. The number of aromatic nitrogens is 1. The van der Waals surface area contributed by atoms with Crippen LogP contribution in [-0.4, -0.2) is 26.5 Å². The number of carbonyl (C=O) groups is 2. The van der Waals surface area contributed by atoms with Crippen molar-refractivity contribution in [2.45, 2.75) is 32.9 Å². The van der Waals surface area contributed by atoms with Gasteiger partial charge in [-0.25, -0.2) is 4.79 Å². The predicted octanol–water partition coefficient (Wildman–Crippen LogP) is 7.02. The number of aromatic carboxylic acids is 1. The third kappa shape index (κ3) is 5.86. The number of fused-ring (bicyclic) bond motifs is 1. The van der Waals surface area contributed by atoms with Gasteiger partial charge in [-0.3, -0.25) is 14.9 Å². The Morgan fingerprint density at radius 2 is 1.63 bits per heavy atom. The molecule has 0 bridgehead atoms. The SMILES string of the molecule is CCc1cc(-c2ccc(Cn3ccc4cc(C(=O)NC(C)c5ccc([N+](=O)[O-])cc5)ccc43)cc2)ccc1C(=O)O. The smallest absolute Gasteiger partial charge is 0.335 e. The first-order valence-corrected chi connectivity index (χ1v) is 13.3. The number of nitro groups is 1. The molecule has 0 aliphatic heterocycles. The number of hydrogen-bond donors (Lipinski definition) is 2. The van der Waals surface area contributed by atoms with Crippen molar-refractivity contribution < 1.29 is 19.6 Å². The fourth-order valence-electron chi connectivity index (χ4n) is 5.00. The number of nitro benzene ring substituents is 1. The Morgan fingerprint density at radius 1 is 0.927 bits per heavy atom. The Kier molecular flexibility index (Phi) is 7.65. The number of rotatable bonds is 9. The molecule has 0 spiro atoms. The minimum Gasteiger partial charge on any atom is -0.478 e. The van der Waals surface area contributed by atoms with Crippen LogP contribution in [0.25, 0.3) is 22.0 Å². The number of nitrogens with one attached hydrogen (secondary N) is 1. The van der Waals surface area contributed by atoms with Gasteiger partial charge in [-0.15, -0.1) is 0 Å². The highest BCUT2D eigenvalue weighted by molar-refractivity contribution is 5.98. The van der Waals surface area contributed by atoms with Crippen molar-refractivity contribution >= 4 is 28.5 Å². The van der Waals surface area contributed by atoms with Gasteiger partial charge in [0.15, 0.2) is 0 Å². The normalized spacial score (nSPS) is 11.8. The second-order valence-corrected chi connectivity index (χ2v) is 9.99.